The first-order valence-electron chi connectivity index (χ1n) is 4.70. The van der Waals surface area contributed by atoms with Gasteiger partial charge in [-0.15, -0.1) is 11.3 Å². The van der Waals surface area contributed by atoms with Crippen LogP contribution in [0.2, 0.25) is 0 Å². The van der Waals surface area contributed by atoms with E-state index < -0.39 is 0 Å². The molecule has 0 aliphatic heterocycles. The van der Waals surface area contributed by atoms with Gasteiger partial charge in [-0.05, 0) is 48.9 Å². The van der Waals surface area contributed by atoms with Crippen LogP contribution < -0.4 is 0 Å². The summed E-state index contributed by atoms with van der Waals surface area (Å²) in [6.45, 7) is 6.59. The summed E-state index contributed by atoms with van der Waals surface area (Å²) in [5.41, 5.74) is 2.90. The molecule has 0 radical (unpaired) electrons. The summed E-state index contributed by atoms with van der Waals surface area (Å²) in [4.78, 5) is 1.41. The van der Waals surface area contributed by atoms with Gasteiger partial charge in [-0.25, -0.2) is 0 Å². The van der Waals surface area contributed by atoms with E-state index in [0.717, 1.165) is 6.42 Å². The Kier molecular flexibility index (Phi) is 2.12. The first-order chi connectivity index (χ1) is 6.20. The van der Waals surface area contributed by atoms with Gasteiger partial charge in [0.15, 0.2) is 0 Å². The lowest BCUT2D eigenvalue weighted by atomic mass is 10.0. The predicted octanol–water partition coefficient (Wildman–Crippen LogP) is 4.08. The summed E-state index contributed by atoms with van der Waals surface area (Å²) in [5, 5.41) is 1.40. The number of hydrogen-bond acceptors (Lipinski definition) is 1. The molecular weight excluding hydrogens is 176 g/mol. The molecule has 2 rings (SSSR count). The zero-order valence-electron chi connectivity index (χ0n) is 8.35. The average molecular weight is 190 g/mol. The summed E-state index contributed by atoms with van der Waals surface area (Å²) >= 11 is 1.89. The SMILES string of the molecule is CCc1cc2sc(C)cc2cc1C. The Morgan fingerprint density at radius 1 is 1.15 bits per heavy atom. The smallest absolute Gasteiger partial charge is 0.0348 e. The third kappa shape index (κ3) is 1.49. The van der Waals surface area contributed by atoms with Gasteiger partial charge in [0.2, 0.25) is 0 Å². The lowest BCUT2D eigenvalue weighted by Gasteiger charge is -2.01. The fraction of sp³-hybridized carbons (Fsp3) is 0.333. The monoisotopic (exact) mass is 190 g/mol. The number of thiophene rings is 1. The van der Waals surface area contributed by atoms with Gasteiger partial charge in [0.25, 0.3) is 0 Å². The lowest BCUT2D eigenvalue weighted by Crippen LogP contribution is -1.84. The molecular formula is C12H14S. The zero-order valence-corrected chi connectivity index (χ0v) is 9.16. The molecule has 0 N–H and O–H groups in total. The van der Waals surface area contributed by atoms with E-state index in [2.05, 4.69) is 39.0 Å². The highest BCUT2D eigenvalue weighted by Gasteiger charge is 2.02. The van der Waals surface area contributed by atoms with E-state index in [4.69, 9.17) is 0 Å². The Morgan fingerprint density at radius 3 is 2.62 bits per heavy atom. The minimum absolute atomic E-state index is 1.14. The molecule has 0 atom stereocenters. The van der Waals surface area contributed by atoms with Crippen molar-refractivity contribution in [3.05, 3.63) is 34.2 Å². The van der Waals surface area contributed by atoms with Crippen LogP contribution in [0.5, 0.6) is 0 Å². The second-order valence-electron chi connectivity index (χ2n) is 3.53. The minimum atomic E-state index is 1.14. The van der Waals surface area contributed by atoms with Crippen molar-refractivity contribution < 1.29 is 0 Å². The molecule has 13 heavy (non-hydrogen) atoms. The van der Waals surface area contributed by atoms with Crippen molar-refractivity contribution in [3.63, 3.8) is 0 Å². The number of aryl methyl sites for hydroxylation is 3. The second kappa shape index (κ2) is 3.15. The molecule has 0 saturated carbocycles. The van der Waals surface area contributed by atoms with E-state index in [1.165, 1.54) is 26.1 Å². The van der Waals surface area contributed by atoms with Gasteiger partial charge < -0.3 is 0 Å². The van der Waals surface area contributed by atoms with Crippen molar-refractivity contribution in [2.75, 3.05) is 0 Å². The van der Waals surface area contributed by atoms with Crippen LogP contribution in [0.25, 0.3) is 10.1 Å². The molecule has 0 aliphatic carbocycles. The predicted molar refractivity (Wildman–Crippen MR) is 60.7 cm³/mol. The number of hydrogen-bond donors (Lipinski definition) is 0. The standard InChI is InChI=1S/C12H14S/c1-4-10-7-12-11(5-8(10)2)6-9(3)13-12/h5-7H,4H2,1-3H3. The highest BCUT2D eigenvalue weighted by Crippen LogP contribution is 2.27. The molecule has 1 heteroatoms. The Morgan fingerprint density at radius 2 is 1.92 bits per heavy atom. The first-order valence-corrected chi connectivity index (χ1v) is 5.52. The van der Waals surface area contributed by atoms with E-state index in [0.29, 0.717) is 0 Å². The van der Waals surface area contributed by atoms with Crippen LogP contribution in [0.4, 0.5) is 0 Å². The first kappa shape index (κ1) is 8.76. The van der Waals surface area contributed by atoms with Gasteiger partial charge in [0, 0.05) is 9.58 Å². The van der Waals surface area contributed by atoms with Crippen LogP contribution in [0.15, 0.2) is 18.2 Å². The summed E-state index contributed by atoms with van der Waals surface area (Å²) in [7, 11) is 0. The Balaban J connectivity index is 2.72. The van der Waals surface area contributed by atoms with E-state index >= 15 is 0 Å². The van der Waals surface area contributed by atoms with Gasteiger partial charge in [0.1, 0.15) is 0 Å². The quantitative estimate of drug-likeness (QED) is 0.635. The molecule has 1 aromatic carbocycles. The van der Waals surface area contributed by atoms with Crippen molar-refractivity contribution in [1.29, 1.82) is 0 Å². The van der Waals surface area contributed by atoms with Gasteiger partial charge in [-0.3, -0.25) is 0 Å². The molecule has 0 spiro atoms. The van der Waals surface area contributed by atoms with Gasteiger partial charge in [-0.2, -0.15) is 0 Å². The van der Waals surface area contributed by atoms with Crippen LogP contribution in [0, 0.1) is 13.8 Å². The third-order valence-electron chi connectivity index (χ3n) is 2.48. The van der Waals surface area contributed by atoms with Gasteiger partial charge in [-0.1, -0.05) is 13.0 Å². The molecule has 0 unspecified atom stereocenters. The van der Waals surface area contributed by atoms with Crippen LogP contribution in [0.1, 0.15) is 22.9 Å². The van der Waals surface area contributed by atoms with Crippen LogP contribution >= 0.6 is 11.3 Å². The number of rotatable bonds is 1. The molecule has 1 aromatic heterocycles. The molecule has 0 fully saturated rings. The molecule has 0 bridgehead atoms. The number of benzene rings is 1. The molecule has 68 valence electrons. The third-order valence-corrected chi connectivity index (χ3v) is 3.49. The maximum Gasteiger partial charge on any atom is 0.0348 e. The Bertz CT molecular complexity index is 438. The lowest BCUT2D eigenvalue weighted by molar-refractivity contribution is 1.12. The van der Waals surface area contributed by atoms with Gasteiger partial charge >= 0.3 is 0 Å². The fourth-order valence-electron chi connectivity index (χ4n) is 1.76. The Labute approximate surface area is 83.2 Å². The summed E-state index contributed by atoms with van der Waals surface area (Å²) in [5.74, 6) is 0. The normalized spacial score (nSPS) is 11.0. The fourth-order valence-corrected chi connectivity index (χ4v) is 2.73. The summed E-state index contributed by atoms with van der Waals surface area (Å²) in [6.07, 6.45) is 1.14. The van der Waals surface area contributed by atoms with Crippen molar-refractivity contribution in [2.24, 2.45) is 0 Å². The molecule has 0 amide bonds. The topological polar surface area (TPSA) is 0 Å². The molecule has 2 aromatic rings. The van der Waals surface area contributed by atoms with Crippen molar-refractivity contribution in [1.82, 2.24) is 0 Å². The zero-order chi connectivity index (χ0) is 9.42. The molecule has 0 nitrogen and oxygen atoms in total. The van der Waals surface area contributed by atoms with Crippen LogP contribution in [-0.4, -0.2) is 0 Å². The molecule has 1 heterocycles. The Hall–Kier alpha value is -0.820. The van der Waals surface area contributed by atoms with Crippen molar-refractivity contribution in [3.8, 4) is 0 Å². The van der Waals surface area contributed by atoms with E-state index in [-0.39, 0.29) is 0 Å². The maximum atomic E-state index is 2.34. The van der Waals surface area contributed by atoms with Gasteiger partial charge in [0.05, 0.1) is 0 Å². The van der Waals surface area contributed by atoms with E-state index in [9.17, 15) is 0 Å². The van der Waals surface area contributed by atoms with E-state index in [1.54, 1.807) is 0 Å². The van der Waals surface area contributed by atoms with Crippen LogP contribution in [0.3, 0.4) is 0 Å². The van der Waals surface area contributed by atoms with E-state index in [1.807, 2.05) is 11.3 Å². The average Bonchev–Trinajstić information content (AvgIpc) is 2.42. The largest absolute Gasteiger partial charge is 0.141 e. The molecule has 0 aliphatic rings. The highest BCUT2D eigenvalue weighted by atomic mass is 32.1. The summed E-state index contributed by atoms with van der Waals surface area (Å²) < 4.78 is 1.43. The van der Waals surface area contributed by atoms with Crippen molar-refractivity contribution in [2.45, 2.75) is 27.2 Å². The van der Waals surface area contributed by atoms with Crippen molar-refractivity contribution >= 4 is 21.4 Å². The minimum Gasteiger partial charge on any atom is -0.141 e. The maximum absolute atomic E-state index is 2.34. The summed E-state index contributed by atoms with van der Waals surface area (Å²) in [6, 6.07) is 6.91. The molecule has 0 saturated heterocycles. The van der Waals surface area contributed by atoms with Crippen LogP contribution in [-0.2, 0) is 6.42 Å². The second-order valence-corrected chi connectivity index (χ2v) is 4.82. The highest BCUT2D eigenvalue weighted by molar-refractivity contribution is 7.19. The number of fused-ring (bicyclic) bond motifs is 1.